The van der Waals surface area contributed by atoms with Gasteiger partial charge >= 0.3 is 12.2 Å². The fourth-order valence-electron chi connectivity index (χ4n) is 6.01. The minimum atomic E-state index is -0.836. The van der Waals surface area contributed by atoms with E-state index < -0.39 is 28.9 Å². The molecule has 0 unspecified atom stereocenters. The molecule has 0 spiro atoms. The average Bonchev–Trinajstić information content (AvgIpc) is 3.50. The van der Waals surface area contributed by atoms with Gasteiger partial charge in [0.1, 0.15) is 22.7 Å². The molecular weight excluding hydrogens is 630 g/mol. The van der Waals surface area contributed by atoms with E-state index in [1.807, 2.05) is 22.9 Å². The summed E-state index contributed by atoms with van der Waals surface area (Å²) in [6.45, 7) is 13.0. The van der Waals surface area contributed by atoms with E-state index in [4.69, 9.17) is 9.47 Å². The molecule has 3 N–H and O–H groups in total. The summed E-state index contributed by atoms with van der Waals surface area (Å²) >= 11 is 0. The maximum atomic E-state index is 13.2. The lowest BCUT2D eigenvalue weighted by Gasteiger charge is -2.37. The SMILES string of the molecule is CC(C)(C)OC(=O)N=C(NC(=O)OC(C)(C)C)N(CCCNC(c1ccccc1)(c1ccccc1)c1ccccc1)c1cnn2c1NCCC2. The second-order valence-corrected chi connectivity index (χ2v) is 14.2. The van der Waals surface area contributed by atoms with Crippen molar-refractivity contribution < 1.29 is 19.1 Å². The van der Waals surface area contributed by atoms with Gasteiger partial charge in [-0.3, -0.25) is 10.6 Å². The van der Waals surface area contributed by atoms with Gasteiger partial charge in [0.15, 0.2) is 0 Å². The lowest BCUT2D eigenvalue weighted by molar-refractivity contribution is 0.0561. The van der Waals surface area contributed by atoms with Gasteiger partial charge in [-0.05, 0) is 77.6 Å². The summed E-state index contributed by atoms with van der Waals surface area (Å²) in [5.74, 6) is 0.761. The molecule has 3 aromatic carbocycles. The highest BCUT2D eigenvalue weighted by molar-refractivity contribution is 6.08. The Morgan fingerprint density at radius 3 is 1.90 bits per heavy atom. The number of nitrogens with one attached hydrogen (secondary N) is 3. The number of amides is 2. The summed E-state index contributed by atoms with van der Waals surface area (Å²) in [5, 5.41) is 14.7. The molecule has 0 fully saturated rings. The first-order chi connectivity index (χ1) is 23.9. The molecule has 0 saturated heterocycles. The van der Waals surface area contributed by atoms with Gasteiger partial charge in [0, 0.05) is 19.6 Å². The molecule has 2 amide bonds. The number of carbonyl (C=O) groups is 2. The van der Waals surface area contributed by atoms with Crippen molar-refractivity contribution in [3.63, 3.8) is 0 Å². The third-order valence-corrected chi connectivity index (χ3v) is 7.98. The predicted molar refractivity (Wildman–Crippen MR) is 198 cm³/mol. The van der Waals surface area contributed by atoms with Crippen molar-refractivity contribution in [1.29, 1.82) is 0 Å². The van der Waals surface area contributed by atoms with Gasteiger partial charge < -0.3 is 19.7 Å². The zero-order valence-corrected chi connectivity index (χ0v) is 29.9. The molecule has 0 radical (unpaired) electrons. The van der Waals surface area contributed by atoms with Crippen LogP contribution in [0.3, 0.4) is 0 Å². The van der Waals surface area contributed by atoms with Gasteiger partial charge in [0.2, 0.25) is 5.96 Å². The smallest absolute Gasteiger partial charge is 0.437 e. The van der Waals surface area contributed by atoms with E-state index in [9.17, 15) is 9.59 Å². The topological polar surface area (TPSA) is 122 Å². The number of ether oxygens (including phenoxy) is 2. The van der Waals surface area contributed by atoms with Crippen molar-refractivity contribution in [2.75, 3.05) is 29.9 Å². The number of hydrogen-bond acceptors (Lipinski definition) is 7. The van der Waals surface area contributed by atoms with Crippen molar-refractivity contribution in [1.82, 2.24) is 20.4 Å². The lowest BCUT2D eigenvalue weighted by atomic mass is 9.77. The van der Waals surface area contributed by atoms with Crippen LogP contribution in [0.1, 0.15) is 71.1 Å². The van der Waals surface area contributed by atoms with Gasteiger partial charge in [-0.15, -0.1) is 4.99 Å². The number of carbonyl (C=O) groups excluding carboxylic acids is 2. The van der Waals surface area contributed by atoms with Crippen LogP contribution in [0.15, 0.2) is 102 Å². The zero-order valence-electron chi connectivity index (χ0n) is 29.9. The van der Waals surface area contributed by atoms with E-state index in [0.717, 1.165) is 42.0 Å². The first-order valence-electron chi connectivity index (χ1n) is 17.2. The third kappa shape index (κ3) is 9.09. The summed E-state index contributed by atoms with van der Waals surface area (Å²) in [6, 6.07) is 31.2. The number of guanidine groups is 1. The van der Waals surface area contributed by atoms with Crippen LogP contribution in [-0.2, 0) is 21.6 Å². The standard InChI is InChI=1S/C39H49N7O4/c1-37(2,3)49-35(47)43-34(44-36(48)50-38(4,5)6)45(32-28-42-46-27-16-24-40-33(32)46)26-17-25-41-39(29-18-10-7-11-19-29,30-20-12-8-13-21-30)31-22-14-9-15-23-31/h7-15,18-23,28,40-41H,16-17,24-27H2,1-6H3,(H,43,44,47,48). The molecule has 11 nitrogen and oxygen atoms in total. The van der Waals surface area contributed by atoms with Gasteiger partial charge in [-0.25, -0.2) is 14.3 Å². The average molecular weight is 680 g/mol. The molecule has 0 bridgehead atoms. The molecule has 2 heterocycles. The molecule has 264 valence electrons. The molecule has 1 aromatic heterocycles. The summed E-state index contributed by atoms with van der Waals surface area (Å²) < 4.78 is 13.0. The van der Waals surface area contributed by atoms with E-state index >= 15 is 0 Å². The molecule has 50 heavy (non-hydrogen) atoms. The summed E-state index contributed by atoms with van der Waals surface area (Å²) in [5.41, 5.74) is 1.75. The van der Waals surface area contributed by atoms with Crippen molar-refractivity contribution in [2.45, 2.75) is 77.7 Å². The number of aliphatic imine (C=N–C) groups is 1. The van der Waals surface area contributed by atoms with Crippen LogP contribution < -0.4 is 20.9 Å². The zero-order chi connectivity index (χ0) is 35.8. The number of alkyl carbamates (subject to hydrolysis) is 1. The van der Waals surface area contributed by atoms with Crippen LogP contribution in [0.25, 0.3) is 0 Å². The second-order valence-electron chi connectivity index (χ2n) is 14.2. The maximum absolute atomic E-state index is 13.2. The maximum Gasteiger partial charge on any atom is 0.437 e. The van der Waals surface area contributed by atoms with E-state index in [-0.39, 0.29) is 5.96 Å². The number of benzene rings is 3. The monoisotopic (exact) mass is 679 g/mol. The minimum Gasteiger partial charge on any atom is -0.444 e. The molecule has 11 heteroatoms. The third-order valence-electron chi connectivity index (χ3n) is 7.98. The molecule has 0 aliphatic carbocycles. The molecule has 1 aliphatic rings. The van der Waals surface area contributed by atoms with Gasteiger partial charge in [0.05, 0.1) is 11.7 Å². The first-order valence-corrected chi connectivity index (χ1v) is 17.2. The first kappa shape index (κ1) is 36.1. The van der Waals surface area contributed by atoms with Gasteiger partial charge in [-0.1, -0.05) is 91.0 Å². The highest BCUT2D eigenvalue weighted by Crippen LogP contribution is 2.37. The van der Waals surface area contributed by atoms with Crippen molar-refractivity contribution >= 4 is 29.7 Å². The molecule has 0 saturated carbocycles. The van der Waals surface area contributed by atoms with Crippen LogP contribution in [0.4, 0.5) is 21.1 Å². The van der Waals surface area contributed by atoms with E-state index in [0.29, 0.717) is 25.2 Å². The van der Waals surface area contributed by atoms with E-state index in [2.05, 4.69) is 98.8 Å². The molecule has 0 atom stereocenters. The van der Waals surface area contributed by atoms with Gasteiger partial charge in [-0.2, -0.15) is 5.10 Å². The Kier molecular flexibility index (Phi) is 11.3. The number of aryl methyl sites for hydroxylation is 1. The van der Waals surface area contributed by atoms with Crippen LogP contribution in [-0.4, -0.2) is 58.8 Å². The highest BCUT2D eigenvalue weighted by atomic mass is 16.6. The van der Waals surface area contributed by atoms with Crippen LogP contribution >= 0.6 is 0 Å². The quantitative estimate of drug-likeness (QED) is 0.0730. The van der Waals surface area contributed by atoms with Crippen LogP contribution in [0.5, 0.6) is 0 Å². The fraction of sp³-hybridized carbons (Fsp3) is 0.385. The molecule has 1 aliphatic heterocycles. The summed E-state index contributed by atoms with van der Waals surface area (Å²) in [4.78, 5) is 32.4. The number of rotatable bonds is 9. The summed E-state index contributed by atoms with van der Waals surface area (Å²) in [6.07, 6.45) is 1.66. The van der Waals surface area contributed by atoms with E-state index in [1.165, 1.54) is 0 Å². The Hall–Kier alpha value is -5.16. The largest absolute Gasteiger partial charge is 0.444 e. The predicted octanol–water partition coefficient (Wildman–Crippen LogP) is 7.29. The van der Waals surface area contributed by atoms with Crippen LogP contribution in [0.2, 0.25) is 0 Å². The Labute approximate surface area is 295 Å². The summed E-state index contributed by atoms with van der Waals surface area (Å²) in [7, 11) is 0. The van der Waals surface area contributed by atoms with Crippen molar-refractivity contribution in [3.05, 3.63) is 114 Å². The number of nitrogens with zero attached hydrogens (tertiary/aromatic N) is 4. The van der Waals surface area contributed by atoms with Crippen LogP contribution in [0, 0.1) is 0 Å². The number of aromatic nitrogens is 2. The number of hydrogen-bond donors (Lipinski definition) is 3. The molecular formula is C39H49N7O4. The van der Waals surface area contributed by atoms with E-state index in [1.54, 1.807) is 52.6 Å². The Morgan fingerprint density at radius 2 is 1.38 bits per heavy atom. The number of fused-ring (bicyclic) bond motifs is 1. The second kappa shape index (κ2) is 15.6. The van der Waals surface area contributed by atoms with Gasteiger partial charge in [0.25, 0.3) is 0 Å². The lowest BCUT2D eigenvalue weighted by Crippen LogP contribution is -2.49. The molecule has 4 aromatic rings. The Morgan fingerprint density at radius 1 is 0.840 bits per heavy atom. The van der Waals surface area contributed by atoms with Crippen molar-refractivity contribution in [3.8, 4) is 0 Å². The molecule has 5 rings (SSSR count). The Bertz CT molecular complexity index is 1650. The normalized spacial score (nSPS) is 13.5. The fourth-order valence-corrected chi connectivity index (χ4v) is 6.01. The highest BCUT2D eigenvalue weighted by Gasteiger charge is 2.36. The minimum absolute atomic E-state index is 0.0166. The Balaban J connectivity index is 1.51. The number of anilines is 2. The van der Waals surface area contributed by atoms with Crippen molar-refractivity contribution in [2.24, 2.45) is 4.99 Å².